The number of aromatic nitrogens is 2. The molecular weight excluding hydrogens is 400 g/mol. The minimum atomic E-state index is 0.514. The van der Waals surface area contributed by atoms with Gasteiger partial charge in [-0.1, -0.05) is 71.6 Å². The molecule has 0 saturated carbocycles. The van der Waals surface area contributed by atoms with Gasteiger partial charge < -0.3 is 14.2 Å². The van der Waals surface area contributed by atoms with E-state index < -0.39 is 0 Å². The number of hydrogen-bond donors (Lipinski definition) is 0. The first kappa shape index (κ1) is 26.1. The van der Waals surface area contributed by atoms with Crippen molar-refractivity contribution in [2.45, 2.75) is 84.5 Å². The quantitative estimate of drug-likeness (QED) is 0.214. The summed E-state index contributed by atoms with van der Waals surface area (Å²) in [7, 11) is 0. The molecule has 0 aliphatic rings. The summed E-state index contributed by atoms with van der Waals surface area (Å²) in [5.41, 5.74) is 0.968. The molecule has 0 fully saturated rings. The summed E-state index contributed by atoms with van der Waals surface area (Å²) >= 11 is 0. The van der Waals surface area contributed by atoms with Crippen molar-refractivity contribution in [3.05, 3.63) is 36.7 Å². The SMILES string of the molecule is CCCCCCCCCCOc1ccc(-c2ncc(OCCOCCCCC)cn2)cc1. The maximum absolute atomic E-state index is 5.87. The van der Waals surface area contributed by atoms with E-state index in [0.29, 0.717) is 24.8 Å². The molecule has 0 aliphatic carbocycles. The molecule has 2 rings (SSSR count). The van der Waals surface area contributed by atoms with Crippen LogP contribution in [0.2, 0.25) is 0 Å². The van der Waals surface area contributed by atoms with Crippen molar-refractivity contribution < 1.29 is 14.2 Å². The average molecular weight is 443 g/mol. The van der Waals surface area contributed by atoms with Crippen LogP contribution in [0.3, 0.4) is 0 Å². The van der Waals surface area contributed by atoms with Crippen LogP contribution in [0.25, 0.3) is 11.4 Å². The molecule has 1 aromatic carbocycles. The normalized spacial score (nSPS) is 10.9. The molecule has 0 unspecified atom stereocenters. The fourth-order valence-corrected chi connectivity index (χ4v) is 3.44. The zero-order valence-electron chi connectivity index (χ0n) is 20.2. The fraction of sp³-hybridized carbons (Fsp3) is 0.630. The van der Waals surface area contributed by atoms with Crippen molar-refractivity contribution in [3.8, 4) is 22.9 Å². The Morgan fingerprint density at radius 2 is 1.12 bits per heavy atom. The van der Waals surface area contributed by atoms with Crippen molar-refractivity contribution in [2.24, 2.45) is 0 Å². The Labute approximate surface area is 194 Å². The lowest BCUT2D eigenvalue weighted by Crippen LogP contribution is -2.08. The molecule has 0 bridgehead atoms. The van der Waals surface area contributed by atoms with Gasteiger partial charge in [-0.15, -0.1) is 0 Å². The fourth-order valence-electron chi connectivity index (χ4n) is 3.44. The number of unbranched alkanes of at least 4 members (excludes halogenated alkanes) is 9. The molecule has 0 N–H and O–H groups in total. The van der Waals surface area contributed by atoms with Gasteiger partial charge in [-0.2, -0.15) is 0 Å². The van der Waals surface area contributed by atoms with Gasteiger partial charge in [-0.25, -0.2) is 9.97 Å². The third-order valence-corrected chi connectivity index (χ3v) is 5.40. The van der Waals surface area contributed by atoms with E-state index in [4.69, 9.17) is 14.2 Å². The topological polar surface area (TPSA) is 53.5 Å². The predicted octanol–water partition coefficient (Wildman–Crippen LogP) is 7.25. The Morgan fingerprint density at radius 3 is 1.81 bits per heavy atom. The van der Waals surface area contributed by atoms with Gasteiger partial charge in [-0.3, -0.25) is 0 Å². The van der Waals surface area contributed by atoms with Crippen LogP contribution in [-0.4, -0.2) is 36.4 Å². The molecule has 0 saturated heterocycles. The molecule has 0 spiro atoms. The standard InChI is InChI=1S/C27H42N2O3/c1-3-5-7-8-9-10-11-13-19-31-25-16-14-24(15-17-25)27-28-22-26(23-29-27)32-21-20-30-18-12-6-4-2/h14-17,22-23H,3-13,18-21H2,1-2H3. The summed E-state index contributed by atoms with van der Waals surface area (Å²) in [6.45, 7) is 7.13. The molecule has 0 amide bonds. The summed E-state index contributed by atoms with van der Waals surface area (Å²) in [5.74, 6) is 2.24. The van der Waals surface area contributed by atoms with Crippen molar-refractivity contribution in [3.63, 3.8) is 0 Å². The molecule has 1 heterocycles. The second kappa shape index (κ2) is 17.4. The van der Waals surface area contributed by atoms with Gasteiger partial charge in [0.25, 0.3) is 0 Å². The molecule has 32 heavy (non-hydrogen) atoms. The Balaban J connectivity index is 1.60. The van der Waals surface area contributed by atoms with Gasteiger partial charge in [0, 0.05) is 12.2 Å². The number of ether oxygens (including phenoxy) is 3. The maximum atomic E-state index is 5.87. The predicted molar refractivity (Wildman–Crippen MR) is 131 cm³/mol. The van der Waals surface area contributed by atoms with Crippen molar-refractivity contribution in [2.75, 3.05) is 26.4 Å². The minimum Gasteiger partial charge on any atom is -0.494 e. The summed E-state index contributed by atoms with van der Waals surface area (Å²) in [4.78, 5) is 8.85. The average Bonchev–Trinajstić information content (AvgIpc) is 2.83. The van der Waals surface area contributed by atoms with Crippen LogP contribution in [0, 0.1) is 0 Å². The van der Waals surface area contributed by atoms with Gasteiger partial charge in [0.05, 0.1) is 25.6 Å². The summed E-state index contributed by atoms with van der Waals surface area (Å²) in [6.07, 6.45) is 17.4. The molecule has 0 atom stereocenters. The van der Waals surface area contributed by atoms with E-state index in [1.807, 2.05) is 24.3 Å². The van der Waals surface area contributed by atoms with Crippen molar-refractivity contribution in [1.29, 1.82) is 0 Å². The zero-order valence-corrected chi connectivity index (χ0v) is 20.2. The van der Waals surface area contributed by atoms with Crippen LogP contribution in [-0.2, 0) is 4.74 Å². The highest BCUT2D eigenvalue weighted by Gasteiger charge is 2.03. The number of benzene rings is 1. The highest BCUT2D eigenvalue weighted by atomic mass is 16.5. The minimum absolute atomic E-state index is 0.514. The van der Waals surface area contributed by atoms with Crippen LogP contribution >= 0.6 is 0 Å². The van der Waals surface area contributed by atoms with Crippen LogP contribution < -0.4 is 9.47 Å². The number of rotatable bonds is 19. The third-order valence-electron chi connectivity index (χ3n) is 5.40. The highest BCUT2D eigenvalue weighted by molar-refractivity contribution is 5.56. The largest absolute Gasteiger partial charge is 0.494 e. The molecule has 0 radical (unpaired) electrons. The number of hydrogen-bond acceptors (Lipinski definition) is 5. The Bertz CT molecular complexity index is 689. The second-order valence-electron chi connectivity index (χ2n) is 8.26. The lowest BCUT2D eigenvalue weighted by atomic mass is 10.1. The second-order valence-corrected chi connectivity index (χ2v) is 8.26. The molecule has 2 aromatic rings. The molecule has 1 aromatic heterocycles. The van der Waals surface area contributed by atoms with Gasteiger partial charge in [0.1, 0.15) is 12.4 Å². The lowest BCUT2D eigenvalue weighted by molar-refractivity contribution is 0.0971. The monoisotopic (exact) mass is 442 g/mol. The van der Waals surface area contributed by atoms with E-state index >= 15 is 0 Å². The van der Waals surface area contributed by atoms with Crippen LogP contribution in [0.15, 0.2) is 36.7 Å². The molecule has 0 aliphatic heterocycles. The van der Waals surface area contributed by atoms with E-state index in [1.165, 1.54) is 57.8 Å². The van der Waals surface area contributed by atoms with Gasteiger partial charge in [0.2, 0.25) is 0 Å². The van der Waals surface area contributed by atoms with E-state index in [0.717, 1.165) is 37.4 Å². The van der Waals surface area contributed by atoms with Crippen LogP contribution in [0.5, 0.6) is 11.5 Å². The highest BCUT2D eigenvalue weighted by Crippen LogP contribution is 2.20. The smallest absolute Gasteiger partial charge is 0.159 e. The molecule has 5 heteroatoms. The van der Waals surface area contributed by atoms with Gasteiger partial charge in [0.15, 0.2) is 11.6 Å². The first-order valence-electron chi connectivity index (χ1n) is 12.6. The van der Waals surface area contributed by atoms with E-state index in [1.54, 1.807) is 12.4 Å². The first-order chi connectivity index (χ1) is 15.8. The van der Waals surface area contributed by atoms with E-state index in [9.17, 15) is 0 Å². The van der Waals surface area contributed by atoms with Gasteiger partial charge >= 0.3 is 0 Å². The first-order valence-corrected chi connectivity index (χ1v) is 12.6. The van der Waals surface area contributed by atoms with E-state index in [-0.39, 0.29) is 0 Å². The lowest BCUT2D eigenvalue weighted by Gasteiger charge is -2.08. The summed E-state index contributed by atoms with van der Waals surface area (Å²) in [5, 5.41) is 0. The molecular formula is C27H42N2O3. The third kappa shape index (κ3) is 11.5. The maximum Gasteiger partial charge on any atom is 0.159 e. The Kier molecular flexibility index (Phi) is 14.2. The van der Waals surface area contributed by atoms with Crippen LogP contribution in [0.1, 0.15) is 84.5 Å². The van der Waals surface area contributed by atoms with Gasteiger partial charge in [-0.05, 0) is 37.1 Å². The molecule has 5 nitrogen and oxygen atoms in total. The summed E-state index contributed by atoms with van der Waals surface area (Å²) < 4.78 is 17.1. The van der Waals surface area contributed by atoms with Crippen molar-refractivity contribution in [1.82, 2.24) is 9.97 Å². The van der Waals surface area contributed by atoms with Crippen LogP contribution in [0.4, 0.5) is 0 Å². The van der Waals surface area contributed by atoms with E-state index in [2.05, 4.69) is 23.8 Å². The Hall–Kier alpha value is -2.14. The Morgan fingerprint density at radius 1 is 0.562 bits per heavy atom. The van der Waals surface area contributed by atoms with Crippen molar-refractivity contribution >= 4 is 0 Å². The zero-order chi connectivity index (χ0) is 22.7. The summed E-state index contributed by atoms with van der Waals surface area (Å²) in [6, 6.07) is 7.99. The molecule has 178 valence electrons. The number of nitrogens with zero attached hydrogens (tertiary/aromatic N) is 2.